The van der Waals surface area contributed by atoms with Crippen LogP contribution in [0.1, 0.15) is 28.7 Å². The molecule has 0 spiro atoms. The molecule has 0 saturated carbocycles. The fourth-order valence-electron chi connectivity index (χ4n) is 3.92. The number of anilines is 1. The average molecular weight is 398 g/mol. The topological polar surface area (TPSA) is 102 Å². The van der Waals surface area contributed by atoms with Crippen molar-refractivity contribution in [3.05, 3.63) is 89.7 Å². The summed E-state index contributed by atoms with van der Waals surface area (Å²) >= 11 is 0. The van der Waals surface area contributed by atoms with Gasteiger partial charge in [-0.1, -0.05) is 12.1 Å². The molecular formula is C22H22N8. The number of benzene rings is 1. The lowest BCUT2D eigenvalue weighted by Crippen LogP contribution is -2.38. The summed E-state index contributed by atoms with van der Waals surface area (Å²) < 4.78 is 0. The number of imidazole rings is 1. The Hall–Kier alpha value is -3.94. The van der Waals surface area contributed by atoms with E-state index >= 15 is 0 Å². The lowest BCUT2D eigenvalue weighted by molar-refractivity contribution is 0.623. The van der Waals surface area contributed by atoms with Gasteiger partial charge in [0.15, 0.2) is 0 Å². The van der Waals surface area contributed by atoms with Crippen LogP contribution in [0.3, 0.4) is 0 Å². The second-order valence-electron chi connectivity index (χ2n) is 7.30. The van der Waals surface area contributed by atoms with Crippen molar-refractivity contribution in [1.29, 1.82) is 0 Å². The standard InChI is InChI=1S/C22H22N8/c1-15-4-3-8-24-20(15)13-18(23)22-21-19(25-14-26-21)7-11-29(22)16-5-2-6-17(12-16)30-27-9-10-28-30/h2-6,8-10,12-14,22H,7,11,23H2,1H3,(H,25,26)/b18-13-. The maximum Gasteiger partial charge on any atom is 0.113 e. The molecule has 1 aromatic carbocycles. The fraction of sp³-hybridized carbons (Fsp3) is 0.182. The highest BCUT2D eigenvalue weighted by Gasteiger charge is 2.32. The van der Waals surface area contributed by atoms with Gasteiger partial charge in [-0.3, -0.25) is 4.98 Å². The van der Waals surface area contributed by atoms with E-state index in [1.807, 2.05) is 37.3 Å². The predicted octanol–water partition coefficient (Wildman–Crippen LogP) is 2.80. The molecule has 0 fully saturated rings. The van der Waals surface area contributed by atoms with Gasteiger partial charge in [-0.2, -0.15) is 15.0 Å². The summed E-state index contributed by atoms with van der Waals surface area (Å²) in [7, 11) is 0. The zero-order valence-corrected chi connectivity index (χ0v) is 16.6. The van der Waals surface area contributed by atoms with Gasteiger partial charge in [0.05, 0.1) is 35.8 Å². The van der Waals surface area contributed by atoms with Gasteiger partial charge in [0.25, 0.3) is 0 Å². The van der Waals surface area contributed by atoms with E-state index in [1.54, 1.807) is 29.7 Å². The van der Waals surface area contributed by atoms with Gasteiger partial charge in [0, 0.05) is 36.2 Å². The summed E-state index contributed by atoms with van der Waals surface area (Å²) in [6, 6.07) is 11.9. The SMILES string of the molecule is Cc1cccnc1/C=C(\N)C1c2nc[nH]c2CCN1c1cccc(-n2nccn2)c1. The van der Waals surface area contributed by atoms with E-state index in [0.29, 0.717) is 5.70 Å². The van der Waals surface area contributed by atoms with E-state index in [2.05, 4.69) is 42.2 Å². The zero-order valence-electron chi connectivity index (χ0n) is 16.6. The molecule has 8 heteroatoms. The van der Waals surface area contributed by atoms with Crippen LogP contribution < -0.4 is 10.6 Å². The van der Waals surface area contributed by atoms with Crippen LogP contribution in [0.4, 0.5) is 5.69 Å². The molecule has 150 valence electrons. The van der Waals surface area contributed by atoms with Crippen molar-refractivity contribution in [3.8, 4) is 5.69 Å². The smallest absolute Gasteiger partial charge is 0.113 e. The summed E-state index contributed by atoms with van der Waals surface area (Å²) in [6.45, 7) is 2.84. The van der Waals surface area contributed by atoms with Crippen LogP contribution in [0, 0.1) is 6.92 Å². The summed E-state index contributed by atoms with van der Waals surface area (Å²) in [5.74, 6) is 0. The van der Waals surface area contributed by atoms with E-state index in [4.69, 9.17) is 5.73 Å². The lowest BCUT2D eigenvalue weighted by atomic mass is 9.98. The normalized spacial score (nSPS) is 16.5. The first kappa shape index (κ1) is 18.1. The predicted molar refractivity (Wildman–Crippen MR) is 115 cm³/mol. The molecule has 1 atom stereocenters. The molecule has 1 aliphatic heterocycles. The van der Waals surface area contributed by atoms with Crippen molar-refractivity contribution in [2.45, 2.75) is 19.4 Å². The third-order valence-electron chi connectivity index (χ3n) is 5.41. The van der Waals surface area contributed by atoms with Crippen molar-refractivity contribution in [3.63, 3.8) is 0 Å². The molecule has 0 aliphatic carbocycles. The molecule has 0 amide bonds. The van der Waals surface area contributed by atoms with Gasteiger partial charge in [-0.15, -0.1) is 0 Å². The second-order valence-corrected chi connectivity index (χ2v) is 7.30. The minimum absolute atomic E-state index is 0.192. The van der Waals surface area contributed by atoms with Crippen molar-refractivity contribution in [1.82, 2.24) is 29.9 Å². The highest BCUT2D eigenvalue weighted by Crippen LogP contribution is 2.36. The Morgan fingerprint density at radius 1 is 1.10 bits per heavy atom. The van der Waals surface area contributed by atoms with Crippen molar-refractivity contribution >= 4 is 11.8 Å². The van der Waals surface area contributed by atoms with Gasteiger partial charge < -0.3 is 15.6 Å². The molecule has 4 heterocycles. The molecule has 1 unspecified atom stereocenters. The Morgan fingerprint density at radius 2 is 1.93 bits per heavy atom. The summed E-state index contributed by atoms with van der Waals surface area (Å²) in [5.41, 5.74) is 13.3. The molecule has 1 aliphatic rings. The van der Waals surface area contributed by atoms with Crippen LogP contribution in [-0.2, 0) is 6.42 Å². The molecular weight excluding hydrogens is 376 g/mol. The third kappa shape index (κ3) is 3.22. The number of hydrogen-bond donors (Lipinski definition) is 2. The molecule has 0 bridgehead atoms. The highest BCUT2D eigenvalue weighted by molar-refractivity contribution is 5.61. The van der Waals surface area contributed by atoms with Crippen molar-refractivity contribution in [2.24, 2.45) is 5.73 Å². The first-order valence-electron chi connectivity index (χ1n) is 9.85. The number of aryl methyl sites for hydroxylation is 1. The average Bonchev–Trinajstić information content (AvgIpc) is 3.47. The van der Waals surface area contributed by atoms with Gasteiger partial charge in [0.1, 0.15) is 6.04 Å². The number of rotatable bonds is 4. The first-order valence-corrected chi connectivity index (χ1v) is 9.85. The number of aromatic amines is 1. The number of nitrogens with two attached hydrogens (primary N) is 1. The van der Waals surface area contributed by atoms with Crippen LogP contribution in [0.5, 0.6) is 0 Å². The first-order chi connectivity index (χ1) is 14.7. The highest BCUT2D eigenvalue weighted by atomic mass is 15.5. The van der Waals surface area contributed by atoms with Crippen molar-refractivity contribution < 1.29 is 0 Å². The molecule has 8 nitrogen and oxygen atoms in total. The molecule has 0 radical (unpaired) electrons. The number of pyridine rings is 1. The largest absolute Gasteiger partial charge is 0.400 e. The minimum Gasteiger partial charge on any atom is -0.400 e. The van der Waals surface area contributed by atoms with Crippen LogP contribution in [-0.4, -0.2) is 36.5 Å². The van der Waals surface area contributed by atoms with Gasteiger partial charge in [-0.25, -0.2) is 4.98 Å². The van der Waals surface area contributed by atoms with E-state index in [9.17, 15) is 0 Å². The van der Waals surface area contributed by atoms with Crippen LogP contribution in [0.15, 0.2) is 67.0 Å². The van der Waals surface area contributed by atoms with Gasteiger partial charge in [-0.05, 0) is 42.8 Å². The Bertz CT molecular complexity index is 1190. The number of nitrogens with zero attached hydrogens (tertiary/aromatic N) is 6. The molecule has 4 aromatic rings. The monoisotopic (exact) mass is 398 g/mol. The summed E-state index contributed by atoms with van der Waals surface area (Å²) in [6.07, 6.45) is 9.68. The number of H-pyrrole nitrogens is 1. The Balaban J connectivity index is 1.58. The zero-order chi connectivity index (χ0) is 20.5. The summed E-state index contributed by atoms with van der Waals surface area (Å²) in [5, 5.41) is 8.49. The maximum absolute atomic E-state index is 6.68. The van der Waals surface area contributed by atoms with E-state index in [0.717, 1.165) is 47.0 Å². The van der Waals surface area contributed by atoms with E-state index in [1.165, 1.54) is 0 Å². The minimum atomic E-state index is -0.192. The molecule has 5 rings (SSSR count). The Morgan fingerprint density at radius 3 is 2.77 bits per heavy atom. The van der Waals surface area contributed by atoms with Gasteiger partial charge >= 0.3 is 0 Å². The molecule has 3 aromatic heterocycles. The second kappa shape index (κ2) is 7.47. The Labute approximate surface area is 174 Å². The molecule has 3 N–H and O–H groups in total. The Kier molecular flexibility index (Phi) is 4.51. The summed E-state index contributed by atoms with van der Waals surface area (Å²) in [4.78, 5) is 16.2. The lowest BCUT2D eigenvalue weighted by Gasteiger charge is -2.37. The maximum atomic E-state index is 6.68. The van der Waals surface area contributed by atoms with Gasteiger partial charge in [0.2, 0.25) is 0 Å². The van der Waals surface area contributed by atoms with Crippen LogP contribution >= 0.6 is 0 Å². The van der Waals surface area contributed by atoms with E-state index < -0.39 is 0 Å². The molecule has 30 heavy (non-hydrogen) atoms. The van der Waals surface area contributed by atoms with Crippen LogP contribution in [0.2, 0.25) is 0 Å². The quantitative estimate of drug-likeness (QED) is 0.548. The third-order valence-corrected chi connectivity index (χ3v) is 5.41. The number of aromatic nitrogens is 6. The number of nitrogens with one attached hydrogen (secondary N) is 1. The number of fused-ring (bicyclic) bond motifs is 1. The molecule has 0 saturated heterocycles. The van der Waals surface area contributed by atoms with Crippen molar-refractivity contribution in [2.75, 3.05) is 11.4 Å². The van der Waals surface area contributed by atoms with Crippen LogP contribution in [0.25, 0.3) is 11.8 Å². The van der Waals surface area contributed by atoms with E-state index in [-0.39, 0.29) is 6.04 Å². The fourth-order valence-corrected chi connectivity index (χ4v) is 3.92. The number of hydrogen-bond acceptors (Lipinski definition) is 6.